The zero-order valence-corrected chi connectivity index (χ0v) is 53.4. The molecule has 2 heteroatoms. The summed E-state index contributed by atoms with van der Waals surface area (Å²) >= 11 is 0. The van der Waals surface area contributed by atoms with Gasteiger partial charge in [0, 0.05) is 45.0 Å². The summed E-state index contributed by atoms with van der Waals surface area (Å²) in [5.41, 5.74) is 31.2. The molecule has 0 N–H and O–H groups in total. The summed E-state index contributed by atoms with van der Waals surface area (Å²) in [6.45, 7) is 9.54. The lowest BCUT2D eigenvalue weighted by Gasteiger charge is -2.28. The van der Waals surface area contributed by atoms with Crippen molar-refractivity contribution in [2.24, 2.45) is 0 Å². The molecule has 0 unspecified atom stereocenters. The molecule has 0 spiro atoms. The lowest BCUT2D eigenvalue weighted by molar-refractivity contribution is 0.660. The highest BCUT2D eigenvalue weighted by atomic mass is 15.1. The van der Waals surface area contributed by atoms with E-state index in [1.165, 1.54) is 122 Å². The van der Waals surface area contributed by atoms with Crippen LogP contribution in [0, 0.1) is 0 Å². The summed E-state index contributed by atoms with van der Waals surface area (Å²) in [7, 11) is 0. The molecule has 2 nitrogen and oxygen atoms in total. The molecule has 448 valence electrons. The van der Waals surface area contributed by atoms with E-state index in [2.05, 4.69) is 389 Å². The van der Waals surface area contributed by atoms with Gasteiger partial charge in [-0.25, -0.2) is 0 Å². The van der Waals surface area contributed by atoms with Crippen molar-refractivity contribution in [1.29, 1.82) is 0 Å². The minimum Gasteiger partial charge on any atom is -0.310 e. The zero-order chi connectivity index (χ0) is 63.3. The van der Waals surface area contributed by atoms with Gasteiger partial charge in [0.1, 0.15) is 0 Å². The third kappa shape index (κ3) is 10.6. The highest BCUT2D eigenvalue weighted by Crippen LogP contribution is 2.53. The number of benzene rings is 14. The number of anilines is 6. The Balaban J connectivity index is 0.656. The van der Waals surface area contributed by atoms with Gasteiger partial charge in [-0.05, 0) is 195 Å². The van der Waals surface area contributed by atoms with Gasteiger partial charge in [-0.3, -0.25) is 0 Å². The van der Waals surface area contributed by atoms with Crippen LogP contribution in [0.25, 0.3) is 102 Å². The van der Waals surface area contributed by atoms with Gasteiger partial charge in [0.2, 0.25) is 0 Å². The first-order chi connectivity index (χ1) is 46.1. The molecule has 0 saturated carbocycles. The van der Waals surface area contributed by atoms with E-state index in [1.807, 2.05) is 0 Å². The SMILES string of the molecule is CC1(C)c2cc(/C=C/c3cccc4c(/C=C/c5ccc6c(c5)C(C)(C)c5cc(N(c7ccc(-c8ccccc8)cc7)c7ccc(-c8ccccc8)cc7)ccc5-6)cccc34)ccc2-c2ccc(N(c3ccc(-c4ccccc4)cc3)c3ccc(-c4ccccc4)cc3)cc21. The van der Waals surface area contributed by atoms with Crippen molar-refractivity contribution < 1.29 is 0 Å². The molecule has 0 amide bonds. The molecular weight excluding hydrogens is 1130 g/mol. The largest absolute Gasteiger partial charge is 0.310 e. The Hall–Kier alpha value is -11.6. The van der Waals surface area contributed by atoms with Crippen LogP contribution in [0.15, 0.2) is 328 Å². The van der Waals surface area contributed by atoms with Crippen molar-refractivity contribution in [3.63, 3.8) is 0 Å². The standard InChI is InChI=1S/C92H70N2/c1-91(2)87-59-63(33-55-83(87)85-57-53-79(61-89(85)91)93(75-45-37-69(38-46-75)65-19-9-5-10-20-65)76-47-39-70(40-48-76)66-21-11-6-12-22-66)31-35-73-27-17-30-82-74(28-18-29-81(73)82)36-32-64-34-56-84-86-58-54-80(62-90(86)92(3,4)88(84)60-64)94(77-49-41-71(42-50-77)67-23-13-7-14-24-67)78-51-43-72(44-52-78)68-25-15-8-16-26-68/h5-62H,1-4H3/b35-31+,36-32+. The second-order valence-electron chi connectivity index (χ2n) is 26.1. The summed E-state index contributed by atoms with van der Waals surface area (Å²) in [6.07, 6.45) is 9.17. The fourth-order valence-electron chi connectivity index (χ4n) is 14.6. The van der Waals surface area contributed by atoms with Crippen LogP contribution in [0.3, 0.4) is 0 Å². The normalized spacial score (nSPS) is 13.2. The van der Waals surface area contributed by atoms with Gasteiger partial charge < -0.3 is 9.80 Å². The fourth-order valence-corrected chi connectivity index (χ4v) is 14.6. The van der Waals surface area contributed by atoms with E-state index in [-0.39, 0.29) is 10.8 Å². The molecule has 0 aliphatic heterocycles. The van der Waals surface area contributed by atoms with Gasteiger partial charge in [-0.1, -0.05) is 307 Å². The summed E-state index contributed by atoms with van der Waals surface area (Å²) in [5.74, 6) is 0. The van der Waals surface area contributed by atoms with Crippen LogP contribution >= 0.6 is 0 Å². The van der Waals surface area contributed by atoms with Crippen LogP contribution in [-0.4, -0.2) is 0 Å². The first-order valence-electron chi connectivity index (χ1n) is 32.8. The minimum atomic E-state index is -0.233. The maximum absolute atomic E-state index is 2.43. The molecule has 0 fully saturated rings. The third-order valence-corrected chi connectivity index (χ3v) is 19.7. The van der Waals surface area contributed by atoms with E-state index in [0.717, 1.165) is 34.1 Å². The Kier molecular flexibility index (Phi) is 14.6. The molecule has 16 rings (SSSR count). The van der Waals surface area contributed by atoms with Crippen LogP contribution in [0.1, 0.15) is 72.2 Å². The molecule has 0 saturated heterocycles. The second kappa shape index (κ2) is 23.9. The molecular formula is C92H70N2. The van der Waals surface area contributed by atoms with E-state index in [0.29, 0.717) is 0 Å². The van der Waals surface area contributed by atoms with Gasteiger partial charge in [0.05, 0.1) is 0 Å². The topological polar surface area (TPSA) is 6.48 Å². The maximum Gasteiger partial charge on any atom is 0.0465 e. The Morgan fingerprint density at radius 1 is 0.213 bits per heavy atom. The highest BCUT2D eigenvalue weighted by molar-refractivity contribution is 5.99. The summed E-state index contributed by atoms with van der Waals surface area (Å²) in [4.78, 5) is 4.80. The summed E-state index contributed by atoms with van der Waals surface area (Å²) in [5, 5.41) is 2.46. The highest BCUT2D eigenvalue weighted by Gasteiger charge is 2.38. The number of hydrogen-bond acceptors (Lipinski definition) is 2. The smallest absolute Gasteiger partial charge is 0.0465 e. The monoisotopic (exact) mass is 1200 g/mol. The van der Waals surface area contributed by atoms with Gasteiger partial charge in [0.15, 0.2) is 0 Å². The Labute approximate surface area is 553 Å². The summed E-state index contributed by atoms with van der Waals surface area (Å²) < 4.78 is 0. The number of fused-ring (bicyclic) bond motifs is 7. The van der Waals surface area contributed by atoms with Gasteiger partial charge in [-0.15, -0.1) is 0 Å². The molecule has 14 aromatic carbocycles. The van der Waals surface area contributed by atoms with Crippen molar-refractivity contribution in [1.82, 2.24) is 0 Å². The summed E-state index contributed by atoms with van der Waals surface area (Å²) in [6, 6.07) is 120. The van der Waals surface area contributed by atoms with E-state index in [1.54, 1.807) is 0 Å². The van der Waals surface area contributed by atoms with E-state index in [4.69, 9.17) is 0 Å². The average molecular weight is 1200 g/mol. The van der Waals surface area contributed by atoms with Crippen molar-refractivity contribution >= 4 is 69.2 Å². The predicted molar refractivity (Wildman–Crippen MR) is 401 cm³/mol. The van der Waals surface area contributed by atoms with E-state index < -0.39 is 0 Å². The Morgan fingerprint density at radius 2 is 0.468 bits per heavy atom. The third-order valence-electron chi connectivity index (χ3n) is 19.7. The quantitative estimate of drug-likeness (QED) is 0.100. The lowest BCUT2D eigenvalue weighted by atomic mass is 9.81. The van der Waals surface area contributed by atoms with Crippen molar-refractivity contribution in [3.8, 4) is 66.8 Å². The van der Waals surface area contributed by atoms with Crippen molar-refractivity contribution in [2.75, 3.05) is 9.80 Å². The average Bonchev–Trinajstić information content (AvgIpc) is 1.58. The molecule has 0 aromatic heterocycles. The fraction of sp³-hybridized carbons (Fsp3) is 0.0652. The molecule has 14 aromatic rings. The van der Waals surface area contributed by atoms with Crippen molar-refractivity contribution in [3.05, 3.63) is 372 Å². The maximum atomic E-state index is 2.43. The minimum absolute atomic E-state index is 0.233. The first-order valence-corrected chi connectivity index (χ1v) is 32.8. The molecule has 2 aliphatic rings. The number of nitrogens with zero attached hydrogens (tertiary/aromatic N) is 2. The van der Waals surface area contributed by atoms with Gasteiger partial charge >= 0.3 is 0 Å². The predicted octanol–water partition coefficient (Wildman–Crippen LogP) is 25.4. The Bertz CT molecular complexity index is 4680. The van der Waals surface area contributed by atoms with E-state index in [9.17, 15) is 0 Å². The lowest BCUT2D eigenvalue weighted by Crippen LogP contribution is -2.16. The molecule has 0 heterocycles. The van der Waals surface area contributed by atoms with Gasteiger partial charge in [0.25, 0.3) is 0 Å². The molecule has 2 aliphatic carbocycles. The molecule has 0 bridgehead atoms. The molecule has 0 radical (unpaired) electrons. The zero-order valence-electron chi connectivity index (χ0n) is 53.4. The van der Waals surface area contributed by atoms with E-state index >= 15 is 0 Å². The molecule has 0 atom stereocenters. The van der Waals surface area contributed by atoms with Crippen LogP contribution in [0.4, 0.5) is 34.1 Å². The Morgan fingerprint density at radius 3 is 0.766 bits per heavy atom. The second-order valence-corrected chi connectivity index (χ2v) is 26.1. The number of rotatable bonds is 14. The van der Waals surface area contributed by atoms with Crippen LogP contribution in [-0.2, 0) is 10.8 Å². The van der Waals surface area contributed by atoms with Crippen LogP contribution < -0.4 is 9.80 Å². The first kappa shape index (κ1) is 57.6. The van der Waals surface area contributed by atoms with Crippen LogP contribution in [0.2, 0.25) is 0 Å². The van der Waals surface area contributed by atoms with Crippen molar-refractivity contribution in [2.45, 2.75) is 38.5 Å². The molecule has 94 heavy (non-hydrogen) atoms. The number of hydrogen-bond donors (Lipinski definition) is 0. The van der Waals surface area contributed by atoms with Crippen LogP contribution in [0.5, 0.6) is 0 Å². The van der Waals surface area contributed by atoms with Gasteiger partial charge in [-0.2, -0.15) is 0 Å².